The molecule has 6 aromatic rings. The van der Waals surface area contributed by atoms with Crippen LogP contribution in [0.2, 0.25) is 0 Å². The van der Waals surface area contributed by atoms with Crippen molar-refractivity contribution in [1.82, 2.24) is 9.13 Å². The Morgan fingerprint density at radius 2 is 0.878 bits per heavy atom. The van der Waals surface area contributed by atoms with E-state index in [4.69, 9.17) is 12.8 Å². The molecule has 41 heavy (non-hydrogen) atoms. The van der Waals surface area contributed by atoms with E-state index in [2.05, 4.69) is 110 Å². The van der Waals surface area contributed by atoms with Crippen molar-refractivity contribution in [1.29, 1.82) is 0 Å². The van der Waals surface area contributed by atoms with E-state index in [9.17, 15) is 0 Å². The van der Waals surface area contributed by atoms with Crippen molar-refractivity contribution in [3.63, 3.8) is 0 Å². The van der Waals surface area contributed by atoms with E-state index in [1.165, 1.54) is 32.6 Å². The van der Waals surface area contributed by atoms with Gasteiger partial charge in [0.15, 0.2) is 5.90 Å². The quantitative estimate of drug-likeness (QED) is 0.0715. The van der Waals surface area contributed by atoms with Crippen molar-refractivity contribution in [2.24, 2.45) is 14.1 Å². The average molecular weight is 941 g/mol. The molecule has 0 bridgehead atoms. The van der Waals surface area contributed by atoms with E-state index in [0.717, 1.165) is 22.2 Å². The van der Waals surface area contributed by atoms with Crippen LogP contribution in [0.1, 0.15) is 11.1 Å². The molecule has 0 saturated carbocycles. The topological polar surface area (TPSA) is 9.86 Å². The molecule has 0 aliphatic rings. The third-order valence-electron chi connectivity index (χ3n) is 6.83. The van der Waals surface area contributed by atoms with Crippen molar-refractivity contribution >= 4 is 59.5 Å². The summed E-state index contributed by atoms with van der Waals surface area (Å²) in [5.74, 6) is 6.42. The second kappa shape index (κ2) is 16.0. The van der Waals surface area contributed by atoms with E-state index in [1.54, 1.807) is 5.90 Å². The minimum absolute atomic E-state index is 0. The van der Waals surface area contributed by atoms with Crippen LogP contribution in [-0.4, -0.2) is 41.7 Å². The van der Waals surface area contributed by atoms with Crippen molar-refractivity contribution in [2.75, 3.05) is 32.6 Å². The van der Waals surface area contributed by atoms with Gasteiger partial charge in [-0.25, -0.2) is 0 Å². The fraction of sp³-hybridized carbons (Fsp3) is 0.200. The van der Waals surface area contributed by atoms with Crippen LogP contribution in [0.5, 0.6) is 0 Å². The molecule has 6 heteroatoms. The molecule has 0 atom stereocenters. The maximum atomic E-state index is 7.16. The minimum atomic E-state index is 0. The Labute approximate surface area is 278 Å². The summed E-state index contributed by atoms with van der Waals surface area (Å²) in [4.78, 5) is 0. The van der Waals surface area contributed by atoms with E-state index >= 15 is 0 Å². The van der Waals surface area contributed by atoms with Crippen LogP contribution in [0.4, 0.5) is 0 Å². The fourth-order valence-corrected chi connectivity index (χ4v) is 10.8. The zero-order valence-corrected chi connectivity index (χ0v) is 30.6. The molecular formula is C35H36Au2N2P2+2. The molecule has 4 aromatic carbocycles. The van der Waals surface area contributed by atoms with Crippen LogP contribution in [0.3, 0.4) is 0 Å². The molecule has 0 saturated heterocycles. The van der Waals surface area contributed by atoms with Gasteiger partial charge < -0.3 is 22.0 Å². The molecule has 0 spiro atoms. The normalized spacial score (nSPS) is 10.3. The summed E-state index contributed by atoms with van der Waals surface area (Å²) in [6.45, 7) is 9.56. The molecule has 2 nitrogen and oxygen atoms in total. The Morgan fingerprint density at radius 3 is 1.20 bits per heavy atom. The summed E-state index contributed by atoms with van der Waals surface area (Å²) in [5.41, 5.74) is 6.38. The molecule has 0 amide bonds. The van der Waals surface area contributed by atoms with Gasteiger partial charge in [-0.3, -0.25) is 11.8 Å². The Morgan fingerprint density at radius 1 is 0.537 bits per heavy atom. The van der Waals surface area contributed by atoms with Crippen LogP contribution in [0.15, 0.2) is 84.9 Å². The Bertz CT molecular complexity index is 1710. The fourth-order valence-electron chi connectivity index (χ4n) is 5.18. The smallest absolute Gasteiger partial charge is 0.366 e. The number of rotatable bonds is 2. The molecule has 0 N–H and O–H groups in total. The van der Waals surface area contributed by atoms with Gasteiger partial charge in [-0.1, -0.05) is 48.5 Å². The predicted molar refractivity (Wildman–Crippen MR) is 179 cm³/mol. The van der Waals surface area contributed by atoms with Crippen molar-refractivity contribution < 1.29 is 44.8 Å². The summed E-state index contributed by atoms with van der Waals surface area (Å²) in [5, 5.41) is 4.99. The Balaban J connectivity index is 0.000000226. The van der Waals surface area contributed by atoms with E-state index in [1.807, 2.05) is 36.4 Å². The maximum absolute atomic E-state index is 7.16. The van der Waals surface area contributed by atoms with Crippen LogP contribution >= 0.6 is 15.8 Å². The molecule has 0 fully saturated rings. The molecule has 0 radical (unpaired) electrons. The maximum Gasteiger partial charge on any atom is 1.00 e. The standard InChI is InChI=1S/2C15H10N.C5H14P2.2Au/c2*1-3-11-8-9-13-12-6-4-5-7-14(12)16(2)15(13)10-11;1-6(2)5-7(3)4;;/h2*4-10H,2H3;5H2,1-4H3;;/q2*-1;;2*+1/p+2. The molecular weight excluding hydrogens is 904 g/mol. The summed E-state index contributed by atoms with van der Waals surface area (Å²) >= 11 is 0. The molecule has 6 rings (SSSR count). The number of nitrogens with zero attached hydrogens (tertiary/aromatic N) is 2. The van der Waals surface area contributed by atoms with Crippen LogP contribution in [-0.2, 0) is 58.9 Å². The number of hydrogen-bond donors (Lipinski definition) is 0. The molecule has 216 valence electrons. The van der Waals surface area contributed by atoms with Gasteiger partial charge >= 0.3 is 44.8 Å². The zero-order valence-electron chi connectivity index (χ0n) is 24.3. The van der Waals surface area contributed by atoms with Gasteiger partial charge in [-0.15, -0.1) is 35.4 Å². The summed E-state index contributed by atoms with van der Waals surface area (Å²) in [7, 11) is 4.33. The monoisotopic (exact) mass is 940 g/mol. The molecule has 2 heterocycles. The Hall–Kier alpha value is -2.06. The number of aryl methyl sites for hydroxylation is 2. The van der Waals surface area contributed by atoms with E-state index in [-0.39, 0.29) is 60.6 Å². The summed E-state index contributed by atoms with van der Waals surface area (Å²) < 4.78 is 4.32. The van der Waals surface area contributed by atoms with Gasteiger partial charge in [0.25, 0.3) is 0 Å². The molecule has 0 aliphatic carbocycles. The van der Waals surface area contributed by atoms with Gasteiger partial charge in [0.2, 0.25) is 0 Å². The van der Waals surface area contributed by atoms with Gasteiger partial charge in [-0.2, -0.15) is 0 Å². The van der Waals surface area contributed by atoms with Crippen LogP contribution in [0.25, 0.3) is 43.6 Å². The largest absolute Gasteiger partial charge is 1.00 e. The minimum Gasteiger partial charge on any atom is -0.366 e. The first-order valence-electron chi connectivity index (χ1n) is 13.1. The number of benzene rings is 4. The SMILES string of the molecule is C[PH+](C)C[PH+](C)C.[Au+].[Au+].[C-]#Cc1ccc2c3ccccc3n(C)c2c1.[C-]#Cc1ccc2c3ccccc3n(C)c2c1. The first kappa shape index (κ1) is 35.1. The van der Waals surface area contributed by atoms with Crippen molar-refractivity contribution in [3.05, 3.63) is 109 Å². The third-order valence-corrected chi connectivity index (χ3v) is 12.5. The predicted octanol–water partition coefficient (Wildman–Crippen LogP) is 8.43. The number of hydrogen-bond acceptors (Lipinski definition) is 0. The molecule has 0 unspecified atom stereocenters. The Kier molecular flexibility index (Phi) is 13.7. The molecule has 0 aliphatic heterocycles. The average Bonchev–Trinajstić information content (AvgIpc) is 3.39. The van der Waals surface area contributed by atoms with Gasteiger partial charge in [0, 0.05) is 100 Å². The zero-order chi connectivity index (χ0) is 28.1. The molecule has 2 aromatic heterocycles. The first-order valence-corrected chi connectivity index (χ1v) is 18.5. The number of para-hydroxylation sites is 2. The van der Waals surface area contributed by atoms with E-state index in [0.29, 0.717) is 0 Å². The van der Waals surface area contributed by atoms with Crippen molar-refractivity contribution in [3.8, 4) is 11.8 Å². The van der Waals surface area contributed by atoms with E-state index < -0.39 is 0 Å². The van der Waals surface area contributed by atoms with Crippen molar-refractivity contribution in [2.45, 2.75) is 0 Å². The van der Waals surface area contributed by atoms with Crippen LogP contribution < -0.4 is 0 Å². The second-order valence-electron chi connectivity index (χ2n) is 10.5. The number of aromatic nitrogens is 2. The summed E-state index contributed by atoms with van der Waals surface area (Å²) in [6, 6.07) is 28.7. The van der Waals surface area contributed by atoms with Gasteiger partial charge in [-0.05, 0) is 12.1 Å². The first-order chi connectivity index (χ1) is 18.7. The van der Waals surface area contributed by atoms with Gasteiger partial charge in [0.05, 0.1) is 0 Å². The van der Waals surface area contributed by atoms with Crippen LogP contribution in [0, 0.1) is 24.7 Å². The van der Waals surface area contributed by atoms with Gasteiger partial charge in [0.1, 0.15) is 0 Å². The number of fused-ring (bicyclic) bond motifs is 6. The summed E-state index contributed by atoms with van der Waals surface area (Å²) in [6.07, 6.45) is 14.3. The second-order valence-corrected chi connectivity index (χ2v) is 16.7. The third kappa shape index (κ3) is 8.07.